The van der Waals surface area contributed by atoms with E-state index in [2.05, 4.69) is 60.6 Å². The van der Waals surface area contributed by atoms with Crippen molar-refractivity contribution in [1.82, 2.24) is 15.5 Å². The first-order valence-electron chi connectivity index (χ1n) is 10.9. The van der Waals surface area contributed by atoms with Crippen LogP contribution in [-0.4, -0.2) is 51.7 Å². The minimum absolute atomic E-state index is 0. The summed E-state index contributed by atoms with van der Waals surface area (Å²) in [6.45, 7) is 10.4. The number of nitrogens with zero attached hydrogens (tertiary/aromatic N) is 2. The van der Waals surface area contributed by atoms with Crippen LogP contribution >= 0.6 is 24.0 Å². The van der Waals surface area contributed by atoms with Crippen LogP contribution in [0.3, 0.4) is 0 Å². The lowest BCUT2D eigenvalue weighted by molar-refractivity contribution is 0.219. The molecular weight excluding hydrogens is 535 g/mol. The van der Waals surface area contributed by atoms with E-state index in [4.69, 9.17) is 4.99 Å². The van der Waals surface area contributed by atoms with Gasteiger partial charge >= 0.3 is 0 Å². The summed E-state index contributed by atoms with van der Waals surface area (Å²) in [5, 5.41) is 6.82. The van der Waals surface area contributed by atoms with Gasteiger partial charge in [0.05, 0.1) is 18.3 Å². The number of halogens is 1. The Bertz CT molecular complexity index is 915. The second kappa shape index (κ2) is 14.5. The molecule has 0 bridgehead atoms. The van der Waals surface area contributed by atoms with Gasteiger partial charge in [0.1, 0.15) is 0 Å². The zero-order valence-corrected chi connectivity index (χ0v) is 22.7. The van der Waals surface area contributed by atoms with Gasteiger partial charge < -0.3 is 10.6 Å². The maximum absolute atomic E-state index is 11.5. The molecule has 2 aromatic carbocycles. The molecule has 0 heterocycles. The van der Waals surface area contributed by atoms with Crippen molar-refractivity contribution in [3.63, 3.8) is 0 Å². The van der Waals surface area contributed by atoms with Gasteiger partial charge in [-0.2, -0.15) is 0 Å². The summed E-state index contributed by atoms with van der Waals surface area (Å²) in [6, 6.07) is 18.4. The molecule has 1 unspecified atom stereocenters. The number of sulfone groups is 1. The van der Waals surface area contributed by atoms with Crippen LogP contribution in [0.1, 0.15) is 43.5 Å². The summed E-state index contributed by atoms with van der Waals surface area (Å²) in [6.07, 6.45) is 1.25. The van der Waals surface area contributed by atoms with E-state index in [1.807, 2.05) is 30.3 Å². The number of guanidine groups is 1. The van der Waals surface area contributed by atoms with Crippen molar-refractivity contribution in [3.05, 3.63) is 71.3 Å². The molecule has 0 radical (unpaired) electrons. The highest BCUT2D eigenvalue weighted by Crippen LogP contribution is 2.19. The Morgan fingerprint density at radius 2 is 1.53 bits per heavy atom. The maximum atomic E-state index is 11.5. The number of benzene rings is 2. The third kappa shape index (κ3) is 9.87. The number of nitrogens with one attached hydrogen (secondary N) is 2. The molecule has 2 rings (SSSR count). The highest BCUT2D eigenvalue weighted by Gasteiger charge is 2.18. The normalized spacial score (nSPS) is 12.8. The Morgan fingerprint density at radius 1 is 0.938 bits per heavy atom. The fourth-order valence-electron chi connectivity index (χ4n) is 3.55. The van der Waals surface area contributed by atoms with Crippen molar-refractivity contribution in [2.45, 2.75) is 39.1 Å². The molecular formula is C24H37IN4O2S. The number of aliphatic imine (C=N–C) groups is 1. The monoisotopic (exact) mass is 572 g/mol. The largest absolute Gasteiger partial charge is 0.357 e. The second-order valence-electron chi connectivity index (χ2n) is 7.61. The van der Waals surface area contributed by atoms with E-state index < -0.39 is 9.84 Å². The summed E-state index contributed by atoms with van der Waals surface area (Å²) < 4.78 is 22.9. The van der Waals surface area contributed by atoms with Crippen molar-refractivity contribution in [2.75, 3.05) is 32.4 Å². The quantitative estimate of drug-likeness (QED) is 0.242. The Morgan fingerprint density at radius 3 is 2.06 bits per heavy atom. The number of likely N-dealkylation sites (N-methyl/N-ethyl adjacent to an activating group) is 1. The van der Waals surface area contributed by atoms with E-state index in [9.17, 15) is 8.42 Å². The van der Waals surface area contributed by atoms with Crippen LogP contribution in [0.2, 0.25) is 0 Å². The van der Waals surface area contributed by atoms with E-state index in [-0.39, 0.29) is 35.8 Å². The van der Waals surface area contributed by atoms with E-state index >= 15 is 0 Å². The summed E-state index contributed by atoms with van der Waals surface area (Å²) >= 11 is 0. The third-order valence-electron chi connectivity index (χ3n) is 5.12. The SMILES string of the molecule is CCNC(=NCc1ccc(CS(C)(=O)=O)cc1)NCC(c1ccccc1)N(CC)CC.I. The molecule has 32 heavy (non-hydrogen) atoms. The van der Waals surface area contributed by atoms with Gasteiger partial charge in [-0.25, -0.2) is 13.4 Å². The van der Waals surface area contributed by atoms with Gasteiger partial charge in [-0.3, -0.25) is 4.90 Å². The molecule has 178 valence electrons. The second-order valence-corrected chi connectivity index (χ2v) is 9.75. The molecule has 2 N–H and O–H groups in total. The van der Waals surface area contributed by atoms with Crippen molar-refractivity contribution in [1.29, 1.82) is 0 Å². The lowest BCUT2D eigenvalue weighted by Crippen LogP contribution is -2.43. The van der Waals surface area contributed by atoms with E-state index in [0.29, 0.717) is 6.54 Å². The molecule has 0 amide bonds. The number of hydrogen-bond donors (Lipinski definition) is 2. The first kappa shape index (κ1) is 28.4. The summed E-state index contributed by atoms with van der Waals surface area (Å²) in [5.41, 5.74) is 3.12. The molecule has 8 heteroatoms. The van der Waals surface area contributed by atoms with Crippen molar-refractivity contribution in [3.8, 4) is 0 Å². The van der Waals surface area contributed by atoms with Gasteiger partial charge in [-0.1, -0.05) is 68.4 Å². The zero-order valence-electron chi connectivity index (χ0n) is 19.5. The molecule has 0 aliphatic carbocycles. The Kier molecular flexibility index (Phi) is 12.9. The van der Waals surface area contributed by atoms with Crippen LogP contribution in [-0.2, 0) is 22.1 Å². The molecule has 0 aliphatic heterocycles. The molecule has 0 fully saturated rings. The third-order valence-corrected chi connectivity index (χ3v) is 5.97. The molecule has 6 nitrogen and oxygen atoms in total. The van der Waals surface area contributed by atoms with E-state index in [0.717, 1.165) is 43.3 Å². The fourth-order valence-corrected chi connectivity index (χ4v) is 4.34. The number of hydrogen-bond acceptors (Lipinski definition) is 4. The van der Waals surface area contributed by atoms with Crippen molar-refractivity contribution in [2.24, 2.45) is 4.99 Å². The maximum Gasteiger partial charge on any atom is 0.191 e. The first-order chi connectivity index (χ1) is 14.9. The average Bonchev–Trinajstić information content (AvgIpc) is 2.75. The van der Waals surface area contributed by atoms with Crippen LogP contribution in [0.25, 0.3) is 0 Å². The minimum atomic E-state index is -3.02. The van der Waals surface area contributed by atoms with Crippen LogP contribution < -0.4 is 10.6 Å². The molecule has 0 aliphatic rings. The van der Waals surface area contributed by atoms with E-state index in [1.54, 1.807) is 0 Å². The summed E-state index contributed by atoms with van der Waals surface area (Å²) in [5.74, 6) is 0.836. The van der Waals surface area contributed by atoms with Crippen LogP contribution in [0.4, 0.5) is 0 Å². The Hall–Kier alpha value is -1.65. The van der Waals surface area contributed by atoms with Crippen LogP contribution in [0.15, 0.2) is 59.6 Å². The predicted molar refractivity (Wildman–Crippen MR) is 145 cm³/mol. The Labute approximate surface area is 210 Å². The van der Waals surface area contributed by atoms with Gasteiger partial charge in [0, 0.05) is 19.3 Å². The summed E-state index contributed by atoms with van der Waals surface area (Å²) in [4.78, 5) is 7.16. The lowest BCUT2D eigenvalue weighted by Gasteiger charge is -2.30. The Balaban J connectivity index is 0.00000512. The van der Waals surface area contributed by atoms with Gasteiger partial charge in [0.25, 0.3) is 0 Å². The molecule has 0 spiro atoms. The average molecular weight is 573 g/mol. The highest BCUT2D eigenvalue weighted by molar-refractivity contribution is 14.0. The van der Waals surface area contributed by atoms with Gasteiger partial charge in [0.15, 0.2) is 15.8 Å². The lowest BCUT2D eigenvalue weighted by atomic mass is 10.1. The topological polar surface area (TPSA) is 73.8 Å². The summed E-state index contributed by atoms with van der Waals surface area (Å²) in [7, 11) is -3.02. The van der Waals surface area contributed by atoms with Crippen molar-refractivity contribution >= 4 is 39.8 Å². The molecule has 0 saturated carbocycles. The van der Waals surface area contributed by atoms with Gasteiger partial charge in [-0.05, 0) is 36.7 Å². The van der Waals surface area contributed by atoms with Gasteiger partial charge in [-0.15, -0.1) is 24.0 Å². The van der Waals surface area contributed by atoms with Crippen molar-refractivity contribution < 1.29 is 8.42 Å². The smallest absolute Gasteiger partial charge is 0.191 e. The molecule has 2 aromatic rings. The predicted octanol–water partition coefficient (Wildman–Crippen LogP) is 3.99. The molecule has 0 saturated heterocycles. The first-order valence-corrected chi connectivity index (χ1v) is 13.0. The molecule has 0 aromatic heterocycles. The minimum Gasteiger partial charge on any atom is -0.357 e. The van der Waals surface area contributed by atoms with Gasteiger partial charge in [0.2, 0.25) is 0 Å². The zero-order chi connectivity index (χ0) is 22.7. The van der Waals surface area contributed by atoms with Crippen LogP contribution in [0.5, 0.6) is 0 Å². The number of rotatable bonds is 11. The van der Waals surface area contributed by atoms with E-state index in [1.165, 1.54) is 11.8 Å². The standard InChI is InChI=1S/C24H36N4O2S.HI/c1-5-25-24(26-17-20-13-15-21(16-14-20)19-31(4,29)30)27-18-23(28(6-2)7-3)22-11-9-8-10-12-22;/h8-16,23H,5-7,17-19H2,1-4H3,(H2,25,26,27);1H. The fraction of sp³-hybridized carbons (Fsp3) is 0.458. The van der Waals surface area contributed by atoms with Crippen LogP contribution in [0, 0.1) is 0 Å². The molecule has 1 atom stereocenters. The highest BCUT2D eigenvalue weighted by atomic mass is 127.